The van der Waals surface area contributed by atoms with E-state index in [0.29, 0.717) is 23.7 Å². The Morgan fingerprint density at radius 2 is 1.88 bits per heavy atom. The van der Waals surface area contributed by atoms with Gasteiger partial charge in [-0.25, -0.2) is 9.59 Å². The first-order valence-electron chi connectivity index (χ1n) is 10.7. The summed E-state index contributed by atoms with van der Waals surface area (Å²) in [4.78, 5) is 56.5. The predicted molar refractivity (Wildman–Crippen MR) is 127 cm³/mol. The number of fused-ring (bicyclic) bond motifs is 1. The highest BCUT2D eigenvalue weighted by Crippen LogP contribution is 2.27. The molecule has 10 nitrogen and oxygen atoms in total. The number of nitrogen functional groups attached to an aromatic ring is 1. The van der Waals surface area contributed by atoms with Crippen molar-refractivity contribution in [3.63, 3.8) is 0 Å². The first kappa shape index (κ1) is 24.1. The van der Waals surface area contributed by atoms with Crippen molar-refractivity contribution in [2.75, 3.05) is 23.8 Å². The summed E-state index contributed by atoms with van der Waals surface area (Å²) in [5.74, 6) is -1.57. The number of rotatable bonds is 9. The zero-order valence-electron chi connectivity index (χ0n) is 18.4. The average molecular weight is 476 g/mol. The number of ether oxygens (including phenoxy) is 1. The van der Waals surface area contributed by atoms with Crippen LogP contribution in [0.3, 0.4) is 0 Å². The number of anilines is 2. The number of esters is 1. The van der Waals surface area contributed by atoms with Gasteiger partial charge in [0.1, 0.15) is 11.5 Å². The summed E-state index contributed by atoms with van der Waals surface area (Å²) in [6.45, 7) is 3.58. The van der Waals surface area contributed by atoms with E-state index in [2.05, 4.69) is 9.97 Å². The van der Waals surface area contributed by atoms with Gasteiger partial charge in [0.2, 0.25) is 0 Å². The van der Waals surface area contributed by atoms with Crippen molar-refractivity contribution < 1.29 is 14.3 Å². The molecule has 0 aliphatic rings. The molecule has 0 spiro atoms. The van der Waals surface area contributed by atoms with Crippen LogP contribution in [0, 0.1) is 0 Å². The normalized spacial score (nSPS) is 11.0. The Kier molecular flexibility index (Phi) is 7.59. The van der Waals surface area contributed by atoms with Crippen molar-refractivity contribution in [2.24, 2.45) is 0 Å². The topological polar surface area (TPSA) is 143 Å². The van der Waals surface area contributed by atoms with E-state index in [9.17, 15) is 19.2 Å². The van der Waals surface area contributed by atoms with Gasteiger partial charge in [0.15, 0.2) is 12.3 Å². The van der Waals surface area contributed by atoms with Crippen molar-refractivity contribution in [1.82, 2.24) is 14.5 Å². The summed E-state index contributed by atoms with van der Waals surface area (Å²) in [7, 11) is 0. The van der Waals surface area contributed by atoms with E-state index in [0.717, 1.165) is 11.3 Å². The molecule has 176 valence electrons. The van der Waals surface area contributed by atoms with Gasteiger partial charge >= 0.3 is 11.7 Å². The number of nitrogens with zero attached hydrogens (tertiary/aromatic N) is 2. The molecule has 1 amide bonds. The largest absolute Gasteiger partial charge is 0.451 e. The third kappa shape index (κ3) is 4.95. The quantitative estimate of drug-likeness (QED) is 0.406. The molecule has 11 heteroatoms. The minimum absolute atomic E-state index is 0.0274. The lowest BCUT2D eigenvalue weighted by Gasteiger charge is -2.24. The summed E-state index contributed by atoms with van der Waals surface area (Å²) >= 11 is 6.28. The number of halogens is 1. The number of benzene rings is 1. The van der Waals surface area contributed by atoms with Gasteiger partial charge in [0.05, 0.1) is 5.02 Å². The van der Waals surface area contributed by atoms with Crippen molar-refractivity contribution in [3.05, 3.63) is 55.8 Å². The molecule has 0 aliphatic heterocycles. The zero-order valence-corrected chi connectivity index (χ0v) is 19.2. The van der Waals surface area contributed by atoms with Crippen LogP contribution in [0.25, 0.3) is 10.9 Å². The number of unbranched alkanes of at least 4 members (excludes halogenated alkanes) is 1. The van der Waals surface area contributed by atoms with Crippen LogP contribution in [0.15, 0.2) is 33.9 Å². The Morgan fingerprint density at radius 3 is 2.55 bits per heavy atom. The van der Waals surface area contributed by atoms with Gasteiger partial charge in [-0.15, -0.1) is 0 Å². The lowest BCUT2D eigenvalue weighted by Crippen LogP contribution is -2.43. The van der Waals surface area contributed by atoms with Crippen molar-refractivity contribution >= 4 is 45.9 Å². The van der Waals surface area contributed by atoms with Crippen LogP contribution in [0.5, 0.6) is 0 Å². The number of aromatic amines is 2. The smallest absolute Gasteiger partial charge is 0.356 e. The Labute approximate surface area is 194 Å². The molecule has 0 saturated carbocycles. The van der Waals surface area contributed by atoms with Crippen molar-refractivity contribution in [1.29, 1.82) is 0 Å². The van der Waals surface area contributed by atoms with Gasteiger partial charge < -0.3 is 20.4 Å². The molecular formula is C22H26ClN5O5. The zero-order chi connectivity index (χ0) is 24.1. The second-order valence-corrected chi connectivity index (χ2v) is 7.86. The minimum Gasteiger partial charge on any atom is -0.451 e. The first-order valence-corrected chi connectivity index (χ1v) is 11.0. The van der Waals surface area contributed by atoms with Gasteiger partial charge in [-0.1, -0.05) is 50.1 Å². The molecule has 1 aromatic carbocycles. The van der Waals surface area contributed by atoms with E-state index >= 15 is 0 Å². The fraction of sp³-hybridized carbons (Fsp3) is 0.364. The standard InChI is InChI=1S/C22H26ClN5O5/c1-3-5-11-27(18-19(24)28(10-4-2)22(32)26-20(18)30)15(29)12-33-21(31)17-16(23)13-8-6-7-9-14(13)25-17/h6-9,25H,3-5,10-12,24H2,1-2H3,(H,26,30,32). The van der Waals surface area contributed by atoms with E-state index in [-0.39, 0.29) is 35.3 Å². The molecule has 33 heavy (non-hydrogen) atoms. The average Bonchev–Trinajstić information content (AvgIpc) is 3.13. The lowest BCUT2D eigenvalue weighted by molar-refractivity contribution is -0.121. The molecule has 2 heterocycles. The number of nitrogens with one attached hydrogen (secondary N) is 2. The SMILES string of the molecule is CCCCN(C(=O)COC(=O)c1[nH]c2ccccc2c1Cl)c1c(N)n(CCC)c(=O)[nH]c1=O. The van der Waals surface area contributed by atoms with Gasteiger partial charge in [0.25, 0.3) is 11.5 Å². The highest BCUT2D eigenvalue weighted by Gasteiger charge is 2.26. The van der Waals surface area contributed by atoms with Crippen LogP contribution in [0.4, 0.5) is 11.5 Å². The van der Waals surface area contributed by atoms with Crippen LogP contribution in [-0.4, -0.2) is 39.6 Å². The maximum atomic E-state index is 13.0. The Morgan fingerprint density at radius 1 is 1.15 bits per heavy atom. The van der Waals surface area contributed by atoms with E-state index < -0.39 is 29.7 Å². The fourth-order valence-corrected chi connectivity index (χ4v) is 3.78. The summed E-state index contributed by atoms with van der Waals surface area (Å²) in [5.41, 5.74) is 5.23. The van der Waals surface area contributed by atoms with Crippen molar-refractivity contribution in [2.45, 2.75) is 39.7 Å². The molecular weight excluding hydrogens is 450 g/mol. The molecule has 3 aromatic rings. The van der Waals surface area contributed by atoms with Gasteiger partial charge in [-0.3, -0.25) is 19.1 Å². The highest BCUT2D eigenvalue weighted by molar-refractivity contribution is 6.38. The predicted octanol–water partition coefficient (Wildman–Crippen LogP) is 2.65. The molecule has 3 rings (SSSR count). The number of para-hydroxylation sites is 1. The number of hydrogen-bond donors (Lipinski definition) is 3. The molecule has 0 atom stereocenters. The molecule has 0 unspecified atom stereocenters. The summed E-state index contributed by atoms with van der Waals surface area (Å²) in [6, 6.07) is 7.09. The molecule has 0 aliphatic carbocycles. The highest BCUT2D eigenvalue weighted by atomic mass is 35.5. The Balaban J connectivity index is 1.86. The lowest BCUT2D eigenvalue weighted by atomic mass is 10.2. The van der Waals surface area contributed by atoms with Gasteiger partial charge in [-0.05, 0) is 18.9 Å². The number of hydrogen-bond acceptors (Lipinski definition) is 6. The number of aromatic nitrogens is 3. The van der Waals surface area contributed by atoms with Gasteiger partial charge in [0, 0.05) is 24.0 Å². The van der Waals surface area contributed by atoms with Crippen LogP contribution < -0.4 is 21.9 Å². The minimum atomic E-state index is -0.808. The molecule has 2 aromatic heterocycles. The Hall–Kier alpha value is -3.53. The van der Waals surface area contributed by atoms with E-state index in [4.69, 9.17) is 22.1 Å². The number of H-pyrrole nitrogens is 2. The van der Waals surface area contributed by atoms with E-state index in [1.54, 1.807) is 24.3 Å². The molecule has 4 N–H and O–H groups in total. The second-order valence-electron chi connectivity index (χ2n) is 7.48. The summed E-state index contributed by atoms with van der Waals surface area (Å²) in [6.07, 6.45) is 1.90. The molecule has 0 saturated heterocycles. The molecule has 0 bridgehead atoms. The maximum absolute atomic E-state index is 13.0. The Bertz CT molecular complexity index is 1290. The number of amides is 1. The number of carbonyl (C=O) groups is 2. The third-order valence-electron chi connectivity index (χ3n) is 5.14. The van der Waals surface area contributed by atoms with Crippen molar-refractivity contribution in [3.8, 4) is 0 Å². The van der Waals surface area contributed by atoms with Crippen LogP contribution >= 0.6 is 11.6 Å². The van der Waals surface area contributed by atoms with Crippen LogP contribution in [0.1, 0.15) is 43.6 Å². The third-order valence-corrected chi connectivity index (χ3v) is 5.53. The fourth-order valence-electron chi connectivity index (χ4n) is 3.49. The van der Waals surface area contributed by atoms with Crippen LogP contribution in [0.2, 0.25) is 5.02 Å². The summed E-state index contributed by atoms with van der Waals surface area (Å²) in [5, 5.41) is 0.845. The summed E-state index contributed by atoms with van der Waals surface area (Å²) < 4.78 is 6.40. The maximum Gasteiger partial charge on any atom is 0.356 e. The second kappa shape index (κ2) is 10.4. The van der Waals surface area contributed by atoms with E-state index in [1.807, 2.05) is 13.8 Å². The molecule has 0 fully saturated rings. The number of carbonyl (C=O) groups excluding carboxylic acids is 2. The van der Waals surface area contributed by atoms with Gasteiger partial charge in [-0.2, -0.15) is 0 Å². The molecule has 0 radical (unpaired) electrons. The monoisotopic (exact) mass is 475 g/mol. The van der Waals surface area contributed by atoms with E-state index in [1.165, 1.54) is 4.57 Å². The number of nitrogens with two attached hydrogens (primary N) is 1. The van der Waals surface area contributed by atoms with Crippen LogP contribution in [-0.2, 0) is 16.1 Å². The first-order chi connectivity index (χ1) is 15.8.